The van der Waals surface area contributed by atoms with E-state index in [0.29, 0.717) is 22.8 Å². The first-order chi connectivity index (χ1) is 12.8. The number of rotatable bonds is 9. The van der Waals surface area contributed by atoms with Crippen molar-refractivity contribution in [3.05, 3.63) is 53.6 Å². The highest BCUT2D eigenvalue weighted by molar-refractivity contribution is 5.99. The molecule has 0 atom stereocenters. The van der Waals surface area contributed by atoms with E-state index in [-0.39, 0.29) is 18.8 Å². The van der Waals surface area contributed by atoms with Gasteiger partial charge in [0.1, 0.15) is 23.9 Å². The molecule has 2 aromatic carbocycles. The highest BCUT2D eigenvalue weighted by Gasteiger charge is 2.30. The van der Waals surface area contributed by atoms with Crippen LogP contribution in [-0.2, 0) is 11.4 Å². The molecule has 0 radical (unpaired) electrons. The summed E-state index contributed by atoms with van der Waals surface area (Å²) < 4.78 is 16.5. The maximum absolute atomic E-state index is 12.4. The first kappa shape index (κ1) is 20.3. The van der Waals surface area contributed by atoms with Gasteiger partial charge >= 0.3 is 5.97 Å². The quantitative estimate of drug-likeness (QED) is 0.671. The van der Waals surface area contributed by atoms with Crippen LogP contribution in [0, 0.1) is 5.41 Å². The van der Waals surface area contributed by atoms with Crippen molar-refractivity contribution in [3.8, 4) is 17.2 Å². The summed E-state index contributed by atoms with van der Waals surface area (Å²) in [5.74, 6) is 0.533. The summed E-state index contributed by atoms with van der Waals surface area (Å²) in [5.41, 5.74) is 0.0404. The van der Waals surface area contributed by atoms with Crippen molar-refractivity contribution in [2.24, 2.45) is 5.41 Å². The third-order valence-corrected chi connectivity index (χ3v) is 4.25. The zero-order valence-electron chi connectivity index (χ0n) is 15.9. The summed E-state index contributed by atoms with van der Waals surface area (Å²) in [6.45, 7) is 3.26. The summed E-state index contributed by atoms with van der Waals surface area (Å²) in [5, 5.41) is 9.20. The molecule has 0 unspecified atom stereocenters. The normalized spacial score (nSPS) is 11.0. The molecule has 0 aromatic heterocycles. The number of hydrogen-bond acceptors (Lipinski definition) is 5. The lowest BCUT2D eigenvalue weighted by Crippen LogP contribution is -2.26. The van der Waals surface area contributed by atoms with E-state index >= 15 is 0 Å². The smallest absolute Gasteiger partial charge is 0.309 e. The fourth-order valence-corrected chi connectivity index (χ4v) is 2.56. The van der Waals surface area contributed by atoms with Gasteiger partial charge in [-0.15, -0.1) is 0 Å². The van der Waals surface area contributed by atoms with Crippen LogP contribution >= 0.6 is 0 Å². The van der Waals surface area contributed by atoms with Gasteiger partial charge in [-0.3, -0.25) is 9.59 Å². The number of carboxylic acids is 1. The molecule has 0 aliphatic carbocycles. The van der Waals surface area contributed by atoms with Gasteiger partial charge in [-0.2, -0.15) is 0 Å². The van der Waals surface area contributed by atoms with E-state index in [4.69, 9.17) is 14.2 Å². The minimum atomic E-state index is -1.13. The van der Waals surface area contributed by atoms with Crippen molar-refractivity contribution in [1.82, 2.24) is 0 Å². The van der Waals surface area contributed by atoms with Crippen LogP contribution in [0.25, 0.3) is 0 Å². The standard InChI is InChI=1S/C21H24O6/c1-21(2,20(23)24)12-17(22)14-7-5-8-15(11-14)27-13-16-18(25-3)9-6-10-19(16)26-4/h5-11H,12-13H2,1-4H3,(H,23,24). The zero-order valence-corrected chi connectivity index (χ0v) is 15.9. The molecule has 0 saturated carbocycles. The van der Waals surface area contributed by atoms with Crippen LogP contribution in [0.3, 0.4) is 0 Å². The van der Waals surface area contributed by atoms with Gasteiger partial charge in [0.15, 0.2) is 5.78 Å². The maximum atomic E-state index is 12.4. The fraction of sp³-hybridized carbons (Fsp3) is 0.333. The number of ketones is 1. The molecule has 2 rings (SSSR count). The monoisotopic (exact) mass is 372 g/mol. The summed E-state index contributed by atoms with van der Waals surface area (Å²) in [6, 6.07) is 12.2. The molecular weight excluding hydrogens is 348 g/mol. The van der Waals surface area contributed by atoms with Crippen LogP contribution in [0.1, 0.15) is 36.2 Å². The second-order valence-corrected chi connectivity index (χ2v) is 6.75. The number of benzene rings is 2. The Kier molecular flexibility index (Phi) is 6.45. The molecule has 144 valence electrons. The van der Waals surface area contributed by atoms with Gasteiger partial charge in [-0.25, -0.2) is 0 Å². The van der Waals surface area contributed by atoms with Crippen molar-refractivity contribution in [2.45, 2.75) is 26.9 Å². The highest BCUT2D eigenvalue weighted by atomic mass is 16.5. The lowest BCUT2D eigenvalue weighted by atomic mass is 9.86. The first-order valence-corrected chi connectivity index (χ1v) is 8.48. The van der Waals surface area contributed by atoms with Crippen molar-refractivity contribution in [1.29, 1.82) is 0 Å². The Morgan fingerprint density at radius 3 is 2.15 bits per heavy atom. The highest BCUT2D eigenvalue weighted by Crippen LogP contribution is 2.30. The molecule has 1 N–H and O–H groups in total. The third kappa shape index (κ3) is 5.00. The number of aliphatic carboxylic acids is 1. The average molecular weight is 372 g/mol. The molecule has 0 aliphatic heterocycles. The summed E-state index contributed by atoms with van der Waals surface area (Å²) in [6.07, 6.45) is -0.0912. The largest absolute Gasteiger partial charge is 0.496 e. The van der Waals surface area contributed by atoms with E-state index in [2.05, 4.69) is 0 Å². The summed E-state index contributed by atoms with van der Waals surface area (Å²) in [7, 11) is 3.14. The van der Waals surface area contributed by atoms with E-state index in [1.807, 2.05) is 18.2 Å². The summed E-state index contributed by atoms with van der Waals surface area (Å²) in [4.78, 5) is 23.7. The molecule has 2 aromatic rings. The summed E-state index contributed by atoms with van der Waals surface area (Å²) >= 11 is 0. The third-order valence-electron chi connectivity index (χ3n) is 4.25. The minimum absolute atomic E-state index is 0.0912. The molecule has 6 heteroatoms. The molecule has 0 fully saturated rings. The van der Waals surface area contributed by atoms with Crippen LogP contribution < -0.4 is 14.2 Å². The van der Waals surface area contributed by atoms with Gasteiger partial charge in [-0.1, -0.05) is 18.2 Å². The first-order valence-electron chi connectivity index (χ1n) is 8.48. The maximum Gasteiger partial charge on any atom is 0.309 e. The van der Waals surface area contributed by atoms with E-state index in [9.17, 15) is 14.7 Å². The van der Waals surface area contributed by atoms with Gasteiger partial charge in [0.2, 0.25) is 0 Å². The van der Waals surface area contributed by atoms with Crippen LogP contribution in [-0.4, -0.2) is 31.1 Å². The molecule has 0 bridgehead atoms. The fourth-order valence-electron chi connectivity index (χ4n) is 2.56. The second kappa shape index (κ2) is 8.58. The molecule has 0 amide bonds. The van der Waals surface area contributed by atoms with Crippen LogP contribution in [0.2, 0.25) is 0 Å². The number of carbonyl (C=O) groups excluding carboxylic acids is 1. The van der Waals surface area contributed by atoms with Crippen LogP contribution in [0.4, 0.5) is 0 Å². The van der Waals surface area contributed by atoms with Crippen molar-refractivity contribution >= 4 is 11.8 Å². The Labute approximate surface area is 158 Å². The van der Waals surface area contributed by atoms with Crippen molar-refractivity contribution in [3.63, 3.8) is 0 Å². The van der Waals surface area contributed by atoms with Gasteiger partial charge < -0.3 is 19.3 Å². The number of hydrogen-bond donors (Lipinski definition) is 1. The number of methoxy groups -OCH3 is 2. The van der Waals surface area contributed by atoms with Crippen LogP contribution in [0.15, 0.2) is 42.5 Å². The van der Waals surface area contributed by atoms with Gasteiger partial charge in [0.25, 0.3) is 0 Å². The van der Waals surface area contributed by atoms with Crippen LogP contribution in [0.5, 0.6) is 17.2 Å². The Balaban J connectivity index is 2.15. The van der Waals surface area contributed by atoms with E-state index in [0.717, 1.165) is 5.56 Å². The van der Waals surface area contributed by atoms with E-state index in [1.165, 1.54) is 13.8 Å². The molecule has 0 aliphatic rings. The predicted octanol–water partition coefficient (Wildman–Crippen LogP) is 3.97. The van der Waals surface area contributed by atoms with E-state index in [1.54, 1.807) is 38.5 Å². The van der Waals surface area contributed by atoms with Crippen molar-refractivity contribution in [2.75, 3.05) is 14.2 Å². The minimum Gasteiger partial charge on any atom is -0.496 e. The van der Waals surface area contributed by atoms with Crippen molar-refractivity contribution < 1.29 is 28.9 Å². The molecule has 0 spiro atoms. The molecule has 0 saturated heterocycles. The molecule has 6 nitrogen and oxygen atoms in total. The number of carboxylic acid groups (broad SMARTS) is 1. The van der Waals surface area contributed by atoms with Gasteiger partial charge in [0, 0.05) is 12.0 Å². The SMILES string of the molecule is COc1cccc(OC)c1COc1cccc(C(=O)CC(C)(C)C(=O)O)c1. The molecule has 0 heterocycles. The number of Topliss-reactive ketones (excluding diaryl/α,β-unsaturated/α-hetero) is 1. The lowest BCUT2D eigenvalue weighted by Gasteiger charge is -2.18. The van der Waals surface area contributed by atoms with E-state index < -0.39 is 11.4 Å². The van der Waals surface area contributed by atoms with Gasteiger partial charge in [0.05, 0.1) is 25.2 Å². The average Bonchev–Trinajstić information content (AvgIpc) is 2.65. The zero-order chi connectivity index (χ0) is 20.0. The topological polar surface area (TPSA) is 82.1 Å². The Morgan fingerprint density at radius 1 is 1.00 bits per heavy atom. The predicted molar refractivity (Wildman–Crippen MR) is 101 cm³/mol. The Morgan fingerprint density at radius 2 is 1.59 bits per heavy atom. The molecule has 27 heavy (non-hydrogen) atoms. The lowest BCUT2D eigenvalue weighted by molar-refractivity contribution is -0.146. The Bertz CT molecular complexity index is 803. The number of carbonyl (C=O) groups is 2. The molecular formula is C21H24O6. The Hall–Kier alpha value is -3.02. The van der Waals surface area contributed by atoms with Gasteiger partial charge in [-0.05, 0) is 38.1 Å². The second-order valence-electron chi connectivity index (χ2n) is 6.75. The number of ether oxygens (including phenoxy) is 3.